The molecule has 0 saturated heterocycles. The summed E-state index contributed by atoms with van der Waals surface area (Å²) < 4.78 is 0. The molecule has 0 fully saturated rings. The van der Waals surface area contributed by atoms with Crippen molar-refractivity contribution in [3.63, 3.8) is 0 Å². The van der Waals surface area contributed by atoms with Crippen molar-refractivity contribution in [1.82, 2.24) is 4.98 Å². The summed E-state index contributed by atoms with van der Waals surface area (Å²) in [6, 6.07) is 5.60. The van der Waals surface area contributed by atoms with Crippen LogP contribution in [0.2, 0.25) is 5.02 Å². The quantitative estimate of drug-likeness (QED) is 0.920. The lowest BCUT2D eigenvalue weighted by atomic mass is 10.0. The molecule has 1 heterocycles. The summed E-state index contributed by atoms with van der Waals surface area (Å²) in [5.74, 6) is 0. The van der Waals surface area contributed by atoms with Crippen LogP contribution in [-0.4, -0.2) is 10.1 Å². The van der Waals surface area contributed by atoms with E-state index in [0.29, 0.717) is 11.4 Å². The van der Waals surface area contributed by atoms with Gasteiger partial charge in [0.15, 0.2) is 0 Å². The van der Waals surface area contributed by atoms with Gasteiger partial charge in [-0.3, -0.25) is 0 Å². The minimum Gasteiger partial charge on any atom is -0.388 e. The Balaban J connectivity index is 2.20. The van der Waals surface area contributed by atoms with Gasteiger partial charge in [0, 0.05) is 16.8 Å². The first-order valence-electron chi connectivity index (χ1n) is 5.42. The van der Waals surface area contributed by atoms with Gasteiger partial charge in [-0.1, -0.05) is 23.7 Å². The Hall–Kier alpha value is -0.900. The standard InChI is InChI=1S/C13H14ClNOS/c1-8-11(4-3-5-12(8)14)13(16)6-10-7-17-9(2)15-10/h3-5,7,13,16H,6H2,1-2H3. The zero-order valence-corrected chi connectivity index (χ0v) is 11.3. The zero-order valence-electron chi connectivity index (χ0n) is 9.77. The summed E-state index contributed by atoms with van der Waals surface area (Å²) in [7, 11) is 0. The van der Waals surface area contributed by atoms with Gasteiger partial charge in [-0.15, -0.1) is 11.3 Å². The zero-order chi connectivity index (χ0) is 12.4. The molecule has 0 spiro atoms. The van der Waals surface area contributed by atoms with Gasteiger partial charge < -0.3 is 5.11 Å². The largest absolute Gasteiger partial charge is 0.388 e. The number of aromatic nitrogens is 1. The van der Waals surface area contributed by atoms with Crippen molar-refractivity contribution in [3.8, 4) is 0 Å². The number of nitrogens with zero attached hydrogens (tertiary/aromatic N) is 1. The van der Waals surface area contributed by atoms with E-state index in [0.717, 1.165) is 21.8 Å². The molecular weight excluding hydrogens is 254 g/mol. The first kappa shape index (κ1) is 12.6. The molecule has 2 aromatic rings. The molecule has 0 aliphatic heterocycles. The highest BCUT2D eigenvalue weighted by Gasteiger charge is 2.14. The normalized spacial score (nSPS) is 12.7. The molecule has 2 nitrogen and oxygen atoms in total. The van der Waals surface area contributed by atoms with Gasteiger partial charge in [0.25, 0.3) is 0 Å². The minimum atomic E-state index is -0.546. The Kier molecular flexibility index (Phi) is 3.82. The topological polar surface area (TPSA) is 33.1 Å². The summed E-state index contributed by atoms with van der Waals surface area (Å²) in [4.78, 5) is 4.35. The molecule has 17 heavy (non-hydrogen) atoms. The molecule has 1 atom stereocenters. The maximum absolute atomic E-state index is 10.2. The van der Waals surface area contributed by atoms with Crippen LogP contribution in [0.3, 0.4) is 0 Å². The smallest absolute Gasteiger partial charge is 0.0897 e. The van der Waals surface area contributed by atoms with E-state index in [2.05, 4.69) is 4.98 Å². The Morgan fingerprint density at radius 3 is 2.82 bits per heavy atom. The third kappa shape index (κ3) is 2.86. The first-order valence-corrected chi connectivity index (χ1v) is 6.68. The number of thiazole rings is 1. The van der Waals surface area contributed by atoms with E-state index in [4.69, 9.17) is 11.6 Å². The van der Waals surface area contributed by atoms with Crippen LogP contribution in [0.25, 0.3) is 0 Å². The fourth-order valence-electron chi connectivity index (χ4n) is 1.80. The molecule has 0 bridgehead atoms. The molecule has 1 aromatic carbocycles. The van der Waals surface area contributed by atoms with Crippen LogP contribution in [0.4, 0.5) is 0 Å². The summed E-state index contributed by atoms with van der Waals surface area (Å²) in [6.07, 6.45) is -0.0129. The molecule has 0 saturated carbocycles. The third-order valence-electron chi connectivity index (χ3n) is 2.74. The maximum atomic E-state index is 10.2. The molecule has 0 aliphatic carbocycles. The van der Waals surface area contributed by atoms with Crippen LogP contribution >= 0.6 is 22.9 Å². The molecule has 1 unspecified atom stereocenters. The number of aryl methyl sites for hydroxylation is 1. The van der Waals surface area contributed by atoms with Crippen LogP contribution < -0.4 is 0 Å². The number of benzene rings is 1. The molecule has 4 heteroatoms. The monoisotopic (exact) mass is 267 g/mol. The number of aliphatic hydroxyl groups excluding tert-OH is 1. The second-order valence-electron chi connectivity index (χ2n) is 4.03. The number of rotatable bonds is 3. The minimum absolute atomic E-state index is 0.533. The van der Waals surface area contributed by atoms with Gasteiger partial charge in [0.05, 0.1) is 16.8 Å². The van der Waals surface area contributed by atoms with Crippen molar-refractivity contribution >= 4 is 22.9 Å². The lowest BCUT2D eigenvalue weighted by molar-refractivity contribution is 0.176. The second kappa shape index (κ2) is 5.17. The molecule has 2 rings (SSSR count). The predicted molar refractivity (Wildman–Crippen MR) is 71.7 cm³/mol. The van der Waals surface area contributed by atoms with Crippen LogP contribution in [0.1, 0.15) is 27.9 Å². The Morgan fingerprint density at radius 1 is 1.41 bits per heavy atom. The van der Waals surface area contributed by atoms with Gasteiger partial charge in [0.2, 0.25) is 0 Å². The van der Waals surface area contributed by atoms with Gasteiger partial charge in [-0.05, 0) is 31.0 Å². The molecule has 1 aromatic heterocycles. The fourth-order valence-corrected chi connectivity index (χ4v) is 2.60. The number of hydrogen-bond donors (Lipinski definition) is 1. The Labute approximate surface area is 110 Å². The summed E-state index contributed by atoms with van der Waals surface area (Å²) >= 11 is 7.64. The van der Waals surface area contributed by atoms with Gasteiger partial charge >= 0.3 is 0 Å². The molecule has 0 amide bonds. The summed E-state index contributed by atoms with van der Waals surface area (Å²) in [6.45, 7) is 3.89. The molecule has 0 radical (unpaired) electrons. The highest BCUT2D eigenvalue weighted by atomic mass is 35.5. The summed E-state index contributed by atoms with van der Waals surface area (Å²) in [5.41, 5.74) is 2.75. The maximum Gasteiger partial charge on any atom is 0.0897 e. The van der Waals surface area contributed by atoms with Gasteiger partial charge in [0.1, 0.15) is 0 Å². The van der Waals surface area contributed by atoms with E-state index in [-0.39, 0.29) is 0 Å². The lowest BCUT2D eigenvalue weighted by Crippen LogP contribution is -2.04. The van der Waals surface area contributed by atoms with E-state index in [9.17, 15) is 5.11 Å². The third-order valence-corrected chi connectivity index (χ3v) is 3.97. The first-order chi connectivity index (χ1) is 8.08. The van der Waals surface area contributed by atoms with Crippen molar-refractivity contribution in [1.29, 1.82) is 0 Å². The predicted octanol–water partition coefficient (Wildman–Crippen LogP) is 3.69. The van der Waals surface area contributed by atoms with Crippen LogP contribution in [0.15, 0.2) is 23.6 Å². The number of aliphatic hydroxyl groups is 1. The molecule has 90 valence electrons. The highest BCUT2D eigenvalue weighted by molar-refractivity contribution is 7.09. The van der Waals surface area contributed by atoms with Crippen LogP contribution in [0.5, 0.6) is 0 Å². The van der Waals surface area contributed by atoms with E-state index >= 15 is 0 Å². The number of halogens is 1. The van der Waals surface area contributed by atoms with Crippen molar-refractivity contribution < 1.29 is 5.11 Å². The van der Waals surface area contributed by atoms with Crippen molar-refractivity contribution in [2.75, 3.05) is 0 Å². The van der Waals surface area contributed by atoms with Crippen molar-refractivity contribution in [3.05, 3.63) is 50.4 Å². The van der Waals surface area contributed by atoms with Gasteiger partial charge in [-0.2, -0.15) is 0 Å². The summed E-state index contributed by atoms with van der Waals surface area (Å²) in [5, 5.41) is 13.9. The van der Waals surface area contributed by atoms with Gasteiger partial charge in [-0.25, -0.2) is 4.98 Å². The Bertz CT molecular complexity index is 524. The SMILES string of the molecule is Cc1nc(CC(O)c2cccc(Cl)c2C)cs1. The van der Waals surface area contributed by atoms with E-state index in [1.54, 1.807) is 11.3 Å². The number of hydrogen-bond acceptors (Lipinski definition) is 3. The van der Waals surface area contributed by atoms with Crippen molar-refractivity contribution in [2.45, 2.75) is 26.4 Å². The lowest BCUT2D eigenvalue weighted by Gasteiger charge is -2.13. The fraction of sp³-hybridized carbons (Fsp3) is 0.308. The van der Waals surface area contributed by atoms with E-state index in [1.807, 2.05) is 37.4 Å². The molecule has 1 N–H and O–H groups in total. The highest BCUT2D eigenvalue weighted by Crippen LogP contribution is 2.26. The second-order valence-corrected chi connectivity index (χ2v) is 5.50. The van der Waals surface area contributed by atoms with Crippen LogP contribution in [-0.2, 0) is 6.42 Å². The Morgan fingerprint density at radius 2 is 2.18 bits per heavy atom. The average molecular weight is 268 g/mol. The molecule has 0 aliphatic rings. The van der Waals surface area contributed by atoms with E-state index < -0.39 is 6.10 Å². The van der Waals surface area contributed by atoms with Crippen molar-refractivity contribution in [2.24, 2.45) is 0 Å². The van der Waals surface area contributed by atoms with Crippen LogP contribution in [0, 0.1) is 13.8 Å². The van der Waals surface area contributed by atoms with E-state index in [1.165, 1.54) is 0 Å². The average Bonchev–Trinajstić information content (AvgIpc) is 2.68. The molecular formula is C13H14ClNOS.